The van der Waals surface area contributed by atoms with Crippen LogP contribution < -0.4 is 4.90 Å². The summed E-state index contributed by atoms with van der Waals surface area (Å²) in [6.07, 6.45) is 0. The summed E-state index contributed by atoms with van der Waals surface area (Å²) in [6, 6.07) is 84.2. The third-order valence-corrected chi connectivity index (χ3v) is 10.9. The molecule has 0 aliphatic rings. The number of hydrogen-bond acceptors (Lipinski definition) is 2. The molecule has 10 aromatic rings. The maximum Gasteiger partial charge on any atom is 0.136 e. The van der Waals surface area contributed by atoms with Crippen molar-refractivity contribution in [2.75, 3.05) is 4.90 Å². The lowest BCUT2D eigenvalue weighted by Crippen LogP contribution is -2.12. The predicted octanol–water partition coefficient (Wildman–Crippen LogP) is 15.9. The molecule has 0 aliphatic carbocycles. The first kappa shape index (κ1) is 34.8. The van der Waals surface area contributed by atoms with E-state index in [0.717, 1.165) is 78.3 Å². The minimum atomic E-state index is 0.857. The Morgan fingerprint density at radius 1 is 0.276 bits per heavy atom. The first-order valence-electron chi connectivity index (χ1n) is 19.8. The van der Waals surface area contributed by atoms with Gasteiger partial charge in [0.15, 0.2) is 0 Å². The van der Waals surface area contributed by atoms with Crippen molar-refractivity contribution in [1.29, 1.82) is 0 Å². The van der Waals surface area contributed by atoms with Crippen molar-refractivity contribution in [3.63, 3.8) is 0 Å². The number of benzene rings is 9. The van der Waals surface area contributed by atoms with E-state index < -0.39 is 0 Å². The standard InChI is InChI=1S/C56H39NO/c1-4-16-40(17-5-1)41-28-30-45(31-29-41)51-24-12-14-26-54(51)57(53-25-13-11-23-50(53)44-20-8-3-9-21-44)48-35-32-42(33-36-48)46-34-37-49(43-18-6-2-7-19-43)52(38-46)56-39-47-22-10-15-27-55(47)58-56/h1-39H. The van der Waals surface area contributed by atoms with Gasteiger partial charge in [-0.1, -0.05) is 194 Å². The molecule has 0 amide bonds. The van der Waals surface area contributed by atoms with E-state index >= 15 is 0 Å². The van der Waals surface area contributed by atoms with Gasteiger partial charge in [-0.2, -0.15) is 0 Å². The fourth-order valence-electron chi connectivity index (χ4n) is 8.04. The molecule has 58 heavy (non-hydrogen) atoms. The van der Waals surface area contributed by atoms with E-state index in [0.29, 0.717) is 0 Å². The summed E-state index contributed by atoms with van der Waals surface area (Å²) in [5.74, 6) is 0.857. The molecule has 0 unspecified atom stereocenters. The van der Waals surface area contributed by atoms with Gasteiger partial charge in [0, 0.05) is 27.8 Å². The molecule has 274 valence electrons. The van der Waals surface area contributed by atoms with E-state index in [1.54, 1.807) is 0 Å². The monoisotopic (exact) mass is 741 g/mol. The van der Waals surface area contributed by atoms with Crippen LogP contribution >= 0.6 is 0 Å². The van der Waals surface area contributed by atoms with Crippen LogP contribution in [-0.2, 0) is 0 Å². The van der Waals surface area contributed by atoms with Gasteiger partial charge in [0.1, 0.15) is 11.3 Å². The van der Waals surface area contributed by atoms with Crippen LogP contribution in [0, 0.1) is 0 Å². The molecule has 0 saturated heterocycles. The van der Waals surface area contributed by atoms with Gasteiger partial charge in [-0.05, 0) is 87.0 Å². The molecule has 0 spiro atoms. The van der Waals surface area contributed by atoms with Crippen LogP contribution in [0.15, 0.2) is 241 Å². The quantitative estimate of drug-likeness (QED) is 0.146. The van der Waals surface area contributed by atoms with Crippen molar-refractivity contribution in [1.82, 2.24) is 0 Å². The molecule has 9 aromatic carbocycles. The number of fused-ring (bicyclic) bond motifs is 1. The molecular weight excluding hydrogens is 703 g/mol. The summed E-state index contributed by atoms with van der Waals surface area (Å²) >= 11 is 0. The van der Waals surface area contributed by atoms with Crippen molar-refractivity contribution < 1.29 is 4.42 Å². The van der Waals surface area contributed by atoms with Crippen molar-refractivity contribution in [3.8, 4) is 67.0 Å². The van der Waals surface area contributed by atoms with E-state index in [-0.39, 0.29) is 0 Å². The van der Waals surface area contributed by atoms with Gasteiger partial charge in [0.2, 0.25) is 0 Å². The van der Waals surface area contributed by atoms with Gasteiger partial charge >= 0.3 is 0 Å². The molecule has 0 N–H and O–H groups in total. The molecule has 2 nitrogen and oxygen atoms in total. The first-order valence-corrected chi connectivity index (χ1v) is 19.8. The van der Waals surface area contributed by atoms with Gasteiger partial charge in [-0.3, -0.25) is 0 Å². The molecule has 0 fully saturated rings. The summed E-state index contributed by atoms with van der Waals surface area (Å²) in [4.78, 5) is 2.41. The molecule has 0 saturated carbocycles. The zero-order chi connectivity index (χ0) is 38.7. The van der Waals surface area contributed by atoms with E-state index in [2.05, 4.69) is 229 Å². The van der Waals surface area contributed by atoms with Crippen molar-refractivity contribution >= 4 is 28.0 Å². The van der Waals surface area contributed by atoms with E-state index in [1.165, 1.54) is 16.7 Å². The van der Waals surface area contributed by atoms with Gasteiger partial charge in [0.25, 0.3) is 0 Å². The maximum atomic E-state index is 6.47. The number of anilines is 3. The summed E-state index contributed by atoms with van der Waals surface area (Å²) in [5, 5.41) is 1.09. The highest BCUT2D eigenvalue weighted by molar-refractivity contribution is 5.95. The normalized spacial score (nSPS) is 11.1. The van der Waals surface area contributed by atoms with E-state index in [9.17, 15) is 0 Å². The molecule has 10 rings (SSSR count). The zero-order valence-corrected chi connectivity index (χ0v) is 31.9. The molecular formula is C56H39NO. The van der Waals surface area contributed by atoms with Crippen LogP contribution in [0.5, 0.6) is 0 Å². The zero-order valence-electron chi connectivity index (χ0n) is 31.9. The van der Waals surface area contributed by atoms with Crippen LogP contribution in [0.4, 0.5) is 17.1 Å². The molecule has 1 aromatic heterocycles. The Kier molecular flexibility index (Phi) is 9.27. The summed E-state index contributed by atoms with van der Waals surface area (Å²) in [5.41, 5.74) is 16.8. The fourth-order valence-corrected chi connectivity index (χ4v) is 8.04. The van der Waals surface area contributed by atoms with Crippen LogP contribution in [0.1, 0.15) is 0 Å². The van der Waals surface area contributed by atoms with Crippen molar-refractivity contribution in [3.05, 3.63) is 237 Å². The van der Waals surface area contributed by atoms with Crippen molar-refractivity contribution in [2.24, 2.45) is 0 Å². The molecule has 0 radical (unpaired) electrons. The second-order valence-electron chi connectivity index (χ2n) is 14.5. The smallest absolute Gasteiger partial charge is 0.136 e. The van der Waals surface area contributed by atoms with Gasteiger partial charge in [-0.15, -0.1) is 0 Å². The van der Waals surface area contributed by atoms with Gasteiger partial charge in [0.05, 0.1) is 11.4 Å². The molecule has 2 heteroatoms. The SMILES string of the molecule is c1ccc(-c2ccc(-c3ccccc3N(c3ccc(-c4ccc(-c5ccccc5)c(-c5cc6ccccc6o5)c4)cc3)c3ccccc3-c3ccccc3)cc2)cc1. The summed E-state index contributed by atoms with van der Waals surface area (Å²) in [6.45, 7) is 0. The topological polar surface area (TPSA) is 16.4 Å². The van der Waals surface area contributed by atoms with Crippen LogP contribution in [-0.4, -0.2) is 0 Å². The highest BCUT2D eigenvalue weighted by Crippen LogP contribution is 2.45. The lowest BCUT2D eigenvalue weighted by molar-refractivity contribution is 0.632. The second-order valence-corrected chi connectivity index (χ2v) is 14.5. The number of hydrogen-bond donors (Lipinski definition) is 0. The van der Waals surface area contributed by atoms with Crippen LogP contribution in [0.25, 0.3) is 77.9 Å². The number of para-hydroxylation sites is 3. The molecule has 1 heterocycles. The highest BCUT2D eigenvalue weighted by Gasteiger charge is 2.21. The minimum Gasteiger partial charge on any atom is -0.456 e. The van der Waals surface area contributed by atoms with Gasteiger partial charge in [-0.25, -0.2) is 0 Å². The molecule has 0 atom stereocenters. The highest BCUT2D eigenvalue weighted by atomic mass is 16.3. The Balaban J connectivity index is 1.09. The van der Waals surface area contributed by atoms with Crippen molar-refractivity contribution in [2.45, 2.75) is 0 Å². The second kappa shape index (κ2) is 15.5. The lowest BCUT2D eigenvalue weighted by atomic mass is 9.93. The number of rotatable bonds is 9. The Hall–Kier alpha value is -7.68. The predicted molar refractivity (Wildman–Crippen MR) is 244 cm³/mol. The average Bonchev–Trinajstić information content (AvgIpc) is 3.75. The molecule has 0 bridgehead atoms. The summed E-state index contributed by atoms with van der Waals surface area (Å²) in [7, 11) is 0. The average molecular weight is 742 g/mol. The van der Waals surface area contributed by atoms with E-state index in [1.807, 2.05) is 12.1 Å². The molecule has 0 aliphatic heterocycles. The van der Waals surface area contributed by atoms with Crippen LogP contribution in [0.3, 0.4) is 0 Å². The largest absolute Gasteiger partial charge is 0.456 e. The summed E-state index contributed by atoms with van der Waals surface area (Å²) < 4.78 is 6.47. The third-order valence-electron chi connectivity index (χ3n) is 10.9. The minimum absolute atomic E-state index is 0.857. The Labute approximate surface area is 339 Å². The lowest BCUT2D eigenvalue weighted by Gasteiger charge is -2.30. The Morgan fingerprint density at radius 2 is 0.707 bits per heavy atom. The Morgan fingerprint density at radius 3 is 1.33 bits per heavy atom. The maximum absolute atomic E-state index is 6.47. The first-order chi connectivity index (χ1) is 28.8. The third kappa shape index (κ3) is 6.78. The Bertz CT molecular complexity index is 2930. The number of furan rings is 1. The fraction of sp³-hybridized carbons (Fsp3) is 0. The van der Waals surface area contributed by atoms with E-state index in [4.69, 9.17) is 4.42 Å². The number of nitrogens with zero attached hydrogens (tertiary/aromatic N) is 1. The van der Waals surface area contributed by atoms with Gasteiger partial charge < -0.3 is 9.32 Å². The van der Waals surface area contributed by atoms with Crippen LogP contribution in [0.2, 0.25) is 0 Å².